The number of halogens is 1. The van der Waals surface area contributed by atoms with Gasteiger partial charge in [-0.25, -0.2) is 0 Å². The predicted molar refractivity (Wildman–Crippen MR) is 70.9 cm³/mol. The Morgan fingerprint density at radius 3 is 1.94 bits per heavy atom. The Kier molecular flexibility index (Phi) is 6.01. The van der Waals surface area contributed by atoms with Crippen LogP contribution in [0.4, 0.5) is 0 Å². The fourth-order valence-electron chi connectivity index (χ4n) is 1.94. The molecule has 3 heteroatoms. The molecule has 1 aromatic carbocycles. The highest BCUT2D eigenvalue weighted by Gasteiger charge is 2.22. The van der Waals surface area contributed by atoms with E-state index in [-0.39, 0.29) is 24.4 Å². The van der Waals surface area contributed by atoms with Gasteiger partial charge in [-0.05, 0) is 36.5 Å². The van der Waals surface area contributed by atoms with E-state index in [1.54, 1.807) is 0 Å². The number of aliphatic hydroxyl groups excluding tert-OH is 1. The maximum atomic E-state index is 9.97. The van der Waals surface area contributed by atoms with Crippen molar-refractivity contribution in [2.75, 3.05) is 0 Å². The minimum atomic E-state index is -0.482. The number of aryl methyl sites for hydroxylation is 2. The number of aliphatic hydroxyl groups is 1. The Morgan fingerprint density at radius 2 is 1.56 bits per heavy atom. The quantitative estimate of drug-likeness (QED) is 0.858. The van der Waals surface area contributed by atoms with Crippen LogP contribution >= 0.6 is 12.4 Å². The molecule has 2 atom stereocenters. The van der Waals surface area contributed by atoms with E-state index in [0.29, 0.717) is 0 Å². The van der Waals surface area contributed by atoms with Gasteiger partial charge < -0.3 is 10.8 Å². The van der Waals surface area contributed by atoms with Crippen molar-refractivity contribution >= 4 is 12.4 Å². The zero-order valence-electron chi connectivity index (χ0n) is 10.4. The monoisotopic (exact) mass is 243 g/mol. The fraction of sp³-hybridized carbons (Fsp3) is 0.538. The van der Waals surface area contributed by atoms with Crippen molar-refractivity contribution in [3.8, 4) is 0 Å². The first kappa shape index (κ1) is 15.4. The maximum absolute atomic E-state index is 9.97. The van der Waals surface area contributed by atoms with Crippen LogP contribution < -0.4 is 5.73 Å². The Hall–Kier alpha value is -0.570. The summed E-state index contributed by atoms with van der Waals surface area (Å²) >= 11 is 0. The maximum Gasteiger partial charge on any atom is 0.0755 e. The summed E-state index contributed by atoms with van der Waals surface area (Å²) in [6, 6.07) is 5.80. The third-order valence-electron chi connectivity index (χ3n) is 2.93. The molecule has 0 radical (unpaired) electrons. The standard InChI is InChI=1S/C13H21NO.ClH/c1-8(2)13(15)12(14)11-9(3)6-5-7-10(11)4;/h5-8,12-13,15H,14H2,1-4H3;1H/t12-,13+;/m0./s1. The fourth-order valence-corrected chi connectivity index (χ4v) is 1.94. The van der Waals surface area contributed by atoms with E-state index in [2.05, 4.69) is 0 Å². The van der Waals surface area contributed by atoms with Gasteiger partial charge in [0.2, 0.25) is 0 Å². The van der Waals surface area contributed by atoms with Crippen LogP contribution in [0, 0.1) is 19.8 Å². The lowest BCUT2D eigenvalue weighted by atomic mass is 9.89. The normalized spacial score (nSPS) is 14.4. The summed E-state index contributed by atoms with van der Waals surface area (Å²) in [6.07, 6.45) is -0.482. The average Bonchev–Trinajstić information content (AvgIpc) is 2.15. The topological polar surface area (TPSA) is 46.2 Å². The highest BCUT2D eigenvalue weighted by atomic mass is 35.5. The lowest BCUT2D eigenvalue weighted by molar-refractivity contribution is 0.0975. The van der Waals surface area contributed by atoms with Gasteiger partial charge in [0.05, 0.1) is 12.1 Å². The van der Waals surface area contributed by atoms with Gasteiger partial charge in [-0.2, -0.15) is 0 Å². The van der Waals surface area contributed by atoms with Crippen LogP contribution in [0.2, 0.25) is 0 Å². The Labute approximate surface area is 104 Å². The molecule has 0 amide bonds. The van der Waals surface area contributed by atoms with E-state index in [1.807, 2.05) is 45.9 Å². The van der Waals surface area contributed by atoms with Gasteiger partial charge in [0, 0.05) is 0 Å². The third kappa shape index (κ3) is 3.21. The van der Waals surface area contributed by atoms with Gasteiger partial charge in [-0.3, -0.25) is 0 Å². The number of nitrogens with two attached hydrogens (primary N) is 1. The van der Waals surface area contributed by atoms with Crippen LogP contribution in [-0.2, 0) is 0 Å². The van der Waals surface area contributed by atoms with Gasteiger partial charge in [0.25, 0.3) is 0 Å². The molecule has 0 unspecified atom stereocenters. The number of benzene rings is 1. The van der Waals surface area contributed by atoms with Crippen molar-refractivity contribution < 1.29 is 5.11 Å². The van der Waals surface area contributed by atoms with Crippen LogP contribution in [-0.4, -0.2) is 11.2 Å². The van der Waals surface area contributed by atoms with Crippen LogP contribution in [0.25, 0.3) is 0 Å². The second-order valence-corrected chi connectivity index (χ2v) is 4.57. The van der Waals surface area contributed by atoms with E-state index in [9.17, 15) is 5.11 Å². The molecule has 1 aromatic rings. The second kappa shape index (κ2) is 6.24. The van der Waals surface area contributed by atoms with Gasteiger partial charge in [0.1, 0.15) is 0 Å². The molecule has 0 fully saturated rings. The van der Waals surface area contributed by atoms with Crippen LogP contribution in [0.1, 0.15) is 36.6 Å². The first-order valence-corrected chi connectivity index (χ1v) is 5.45. The summed E-state index contributed by atoms with van der Waals surface area (Å²) in [4.78, 5) is 0. The Balaban J connectivity index is 0.00000225. The molecule has 92 valence electrons. The molecule has 0 aliphatic rings. The van der Waals surface area contributed by atoms with Crippen LogP contribution in [0.3, 0.4) is 0 Å². The molecule has 0 spiro atoms. The van der Waals surface area contributed by atoms with Crippen molar-refractivity contribution in [3.05, 3.63) is 34.9 Å². The molecule has 2 nitrogen and oxygen atoms in total. The summed E-state index contributed by atoms with van der Waals surface area (Å²) in [5, 5.41) is 9.97. The smallest absolute Gasteiger partial charge is 0.0755 e. The molecule has 0 heterocycles. The lowest BCUT2D eigenvalue weighted by Crippen LogP contribution is -2.31. The predicted octanol–water partition coefficient (Wildman–Crippen LogP) is 2.74. The van der Waals surface area contributed by atoms with E-state index in [0.717, 1.165) is 16.7 Å². The molecule has 0 aliphatic carbocycles. The lowest BCUT2D eigenvalue weighted by Gasteiger charge is -2.25. The second-order valence-electron chi connectivity index (χ2n) is 4.57. The van der Waals surface area contributed by atoms with E-state index in [4.69, 9.17) is 5.73 Å². The average molecular weight is 244 g/mol. The zero-order valence-corrected chi connectivity index (χ0v) is 11.2. The van der Waals surface area contributed by atoms with Crippen molar-refractivity contribution in [1.82, 2.24) is 0 Å². The van der Waals surface area contributed by atoms with Crippen LogP contribution in [0.15, 0.2) is 18.2 Å². The van der Waals surface area contributed by atoms with Crippen molar-refractivity contribution in [3.63, 3.8) is 0 Å². The van der Waals surface area contributed by atoms with Gasteiger partial charge in [-0.1, -0.05) is 32.0 Å². The minimum Gasteiger partial charge on any atom is -0.391 e. The van der Waals surface area contributed by atoms with Gasteiger partial charge in [-0.15, -0.1) is 12.4 Å². The zero-order chi connectivity index (χ0) is 11.6. The number of hydrogen-bond acceptors (Lipinski definition) is 2. The molecule has 0 saturated heterocycles. The van der Waals surface area contributed by atoms with Crippen LogP contribution in [0.5, 0.6) is 0 Å². The SMILES string of the molecule is Cc1cccc(C)c1[C@H](N)[C@H](O)C(C)C.Cl. The first-order valence-electron chi connectivity index (χ1n) is 5.45. The van der Waals surface area contributed by atoms with Crippen molar-refractivity contribution in [2.24, 2.45) is 11.7 Å². The molecule has 0 saturated carbocycles. The van der Waals surface area contributed by atoms with Gasteiger partial charge >= 0.3 is 0 Å². The molecule has 16 heavy (non-hydrogen) atoms. The summed E-state index contributed by atoms with van der Waals surface area (Å²) < 4.78 is 0. The van der Waals surface area contributed by atoms with Gasteiger partial charge in [0.15, 0.2) is 0 Å². The molecule has 0 bridgehead atoms. The Morgan fingerprint density at radius 1 is 1.12 bits per heavy atom. The number of rotatable bonds is 3. The molecule has 0 aromatic heterocycles. The molecule has 1 rings (SSSR count). The molecule has 3 N–H and O–H groups in total. The molecule has 0 aliphatic heterocycles. The third-order valence-corrected chi connectivity index (χ3v) is 2.93. The number of hydrogen-bond donors (Lipinski definition) is 2. The Bertz CT molecular complexity index is 318. The van der Waals surface area contributed by atoms with Crippen molar-refractivity contribution in [1.29, 1.82) is 0 Å². The minimum absolute atomic E-state index is 0. The molecular weight excluding hydrogens is 222 g/mol. The van der Waals surface area contributed by atoms with Crippen molar-refractivity contribution in [2.45, 2.75) is 39.8 Å². The van der Waals surface area contributed by atoms with E-state index < -0.39 is 6.10 Å². The summed E-state index contributed by atoms with van der Waals surface area (Å²) in [5.74, 6) is 0.180. The largest absolute Gasteiger partial charge is 0.391 e. The highest BCUT2D eigenvalue weighted by molar-refractivity contribution is 5.85. The highest BCUT2D eigenvalue weighted by Crippen LogP contribution is 2.25. The first-order chi connectivity index (χ1) is 6.95. The summed E-state index contributed by atoms with van der Waals surface area (Å²) in [7, 11) is 0. The van der Waals surface area contributed by atoms with E-state index >= 15 is 0 Å². The molecular formula is C13H22ClNO. The summed E-state index contributed by atoms with van der Waals surface area (Å²) in [6.45, 7) is 8.04. The summed E-state index contributed by atoms with van der Waals surface area (Å²) in [5.41, 5.74) is 9.48. The van der Waals surface area contributed by atoms with E-state index in [1.165, 1.54) is 0 Å².